The molecule has 2 fully saturated rings. The Hall–Kier alpha value is -1.88. The van der Waals surface area contributed by atoms with Crippen LogP contribution in [0.1, 0.15) is 50.5 Å². The van der Waals surface area contributed by atoms with E-state index in [1.165, 1.54) is 12.8 Å². The molecule has 3 N–H and O–H groups in total. The summed E-state index contributed by atoms with van der Waals surface area (Å²) >= 11 is 0. The van der Waals surface area contributed by atoms with Crippen LogP contribution < -0.4 is 16.0 Å². The Morgan fingerprint density at radius 3 is 2.64 bits per heavy atom. The number of rotatable bonds is 7. The maximum atomic E-state index is 12.1. The zero-order valence-corrected chi connectivity index (χ0v) is 14.9. The molecule has 0 aromatic heterocycles. The fourth-order valence-electron chi connectivity index (χ4n) is 3.47. The second-order valence-corrected chi connectivity index (χ2v) is 7.33. The Labute approximate surface area is 150 Å². The molecule has 0 atom stereocenters. The van der Waals surface area contributed by atoms with Crippen molar-refractivity contribution in [2.45, 2.75) is 51.5 Å². The summed E-state index contributed by atoms with van der Waals surface area (Å²) in [6.45, 7) is 2.66. The summed E-state index contributed by atoms with van der Waals surface area (Å²) < 4.78 is 0. The number of anilines is 1. The zero-order valence-electron chi connectivity index (χ0n) is 14.9. The van der Waals surface area contributed by atoms with Gasteiger partial charge >= 0.3 is 0 Å². The van der Waals surface area contributed by atoms with Crippen LogP contribution in [0, 0.1) is 11.8 Å². The SMILES string of the molecule is O=C(CCC1CCNCC1)NCc1cccc(NC(=O)C2CCC2)c1. The summed E-state index contributed by atoms with van der Waals surface area (Å²) in [6.07, 6.45) is 7.08. The monoisotopic (exact) mass is 343 g/mol. The first-order chi connectivity index (χ1) is 12.2. The summed E-state index contributed by atoms with van der Waals surface area (Å²) in [7, 11) is 0. The van der Waals surface area contributed by atoms with Gasteiger partial charge in [0.15, 0.2) is 0 Å². The lowest BCUT2D eigenvalue weighted by Crippen LogP contribution is -2.29. The Morgan fingerprint density at radius 2 is 1.92 bits per heavy atom. The predicted molar refractivity (Wildman–Crippen MR) is 99.1 cm³/mol. The van der Waals surface area contributed by atoms with Gasteiger partial charge in [-0.15, -0.1) is 0 Å². The van der Waals surface area contributed by atoms with E-state index < -0.39 is 0 Å². The highest BCUT2D eigenvalue weighted by Gasteiger charge is 2.25. The third-order valence-corrected chi connectivity index (χ3v) is 5.40. The van der Waals surface area contributed by atoms with Gasteiger partial charge in [0.2, 0.25) is 11.8 Å². The van der Waals surface area contributed by atoms with E-state index in [4.69, 9.17) is 0 Å². The van der Waals surface area contributed by atoms with Crippen LogP contribution in [-0.2, 0) is 16.1 Å². The van der Waals surface area contributed by atoms with Crippen LogP contribution in [0.3, 0.4) is 0 Å². The smallest absolute Gasteiger partial charge is 0.227 e. The van der Waals surface area contributed by atoms with Crippen molar-refractivity contribution in [1.82, 2.24) is 10.6 Å². The number of nitrogens with one attached hydrogen (secondary N) is 3. The van der Waals surface area contributed by atoms with Crippen LogP contribution in [0.25, 0.3) is 0 Å². The summed E-state index contributed by atoms with van der Waals surface area (Å²) in [5, 5.41) is 9.33. The molecular weight excluding hydrogens is 314 g/mol. The van der Waals surface area contributed by atoms with Gasteiger partial charge in [-0.2, -0.15) is 0 Å². The molecule has 25 heavy (non-hydrogen) atoms. The molecule has 136 valence electrons. The average Bonchev–Trinajstić information content (AvgIpc) is 2.58. The quantitative estimate of drug-likeness (QED) is 0.713. The Morgan fingerprint density at radius 1 is 1.12 bits per heavy atom. The highest BCUT2D eigenvalue weighted by molar-refractivity contribution is 5.93. The second-order valence-electron chi connectivity index (χ2n) is 7.33. The first-order valence-electron chi connectivity index (χ1n) is 9.58. The van der Waals surface area contributed by atoms with Crippen molar-refractivity contribution >= 4 is 17.5 Å². The van der Waals surface area contributed by atoms with Gasteiger partial charge in [-0.1, -0.05) is 18.6 Å². The Bertz CT molecular complexity index is 592. The van der Waals surface area contributed by atoms with Gasteiger partial charge in [0, 0.05) is 24.6 Å². The van der Waals surface area contributed by atoms with E-state index >= 15 is 0 Å². The van der Waals surface area contributed by atoms with Crippen molar-refractivity contribution in [2.75, 3.05) is 18.4 Å². The van der Waals surface area contributed by atoms with Crippen molar-refractivity contribution in [1.29, 1.82) is 0 Å². The number of carbonyl (C=O) groups excluding carboxylic acids is 2. The lowest BCUT2D eigenvalue weighted by Gasteiger charge is -2.24. The molecule has 1 aliphatic carbocycles. The fourth-order valence-corrected chi connectivity index (χ4v) is 3.47. The Balaban J connectivity index is 1.40. The lowest BCUT2D eigenvalue weighted by atomic mass is 9.85. The third-order valence-electron chi connectivity index (χ3n) is 5.40. The fraction of sp³-hybridized carbons (Fsp3) is 0.600. The molecule has 5 heteroatoms. The number of hydrogen-bond donors (Lipinski definition) is 3. The summed E-state index contributed by atoms with van der Waals surface area (Å²) in [5.41, 5.74) is 1.83. The van der Waals surface area contributed by atoms with Gasteiger partial charge in [0.25, 0.3) is 0 Å². The maximum absolute atomic E-state index is 12.1. The van der Waals surface area contributed by atoms with E-state index in [0.29, 0.717) is 18.9 Å². The summed E-state index contributed by atoms with van der Waals surface area (Å²) in [5.74, 6) is 1.09. The van der Waals surface area contributed by atoms with Crippen molar-refractivity contribution in [3.63, 3.8) is 0 Å². The van der Waals surface area contributed by atoms with E-state index in [0.717, 1.165) is 50.0 Å². The molecule has 2 amide bonds. The van der Waals surface area contributed by atoms with E-state index in [1.807, 2.05) is 24.3 Å². The zero-order chi connectivity index (χ0) is 17.5. The van der Waals surface area contributed by atoms with Crippen molar-refractivity contribution in [3.05, 3.63) is 29.8 Å². The average molecular weight is 343 g/mol. The second kappa shape index (κ2) is 8.99. The molecule has 2 aliphatic rings. The summed E-state index contributed by atoms with van der Waals surface area (Å²) in [4.78, 5) is 24.1. The van der Waals surface area contributed by atoms with Crippen LogP contribution in [0.5, 0.6) is 0 Å². The minimum absolute atomic E-state index is 0.113. The normalized spacial score (nSPS) is 18.4. The van der Waals surface area contributed by atoms with E-state index in [9.17, 15) is 9.59 Å². The molecular formula is C20H29N3O2. The van der Waals surface area contributed by atoms with Gasteiger partial charge in [-0.25, -0.2) is 0 Å². The maximum Gasteiger partial charge on any atom is 0.227 e. The van der Waals surface area contributed by atoms with Gasteiger partial charge < -0.3 is 16.0 Å². The molecule has 0 spiro atoms. The van der Waals surface area contributed by atoms with Crippen LogP contribution in [0.15, 0.2) is 24.3 Å². The molecule has 1 saturated carbocycles. The topological polar surface area (TPSA) is 70.2 Å². The molecule has 0 radical (unpaired) electrons. The molecule has 0 bridgehead atoms. The molecule has 1 aliphatic heterocycles. The number of piperidine rings is 1. The number of benzene rings is 1. The molecule has 1 heterocycles. The van der Waals surface area contributed by atoms with Crippen LogP contribution in [-0.4, -0.2) is 24.9 Å². The minimum Gasteiger partial charge on any atom is -0.352 e. The van der Waals surface area contributed by atoms with E-state index in [2.05, 4.69) is 16.0 Å². The van der Waals surface area contributed by atoms with Crippen LogP contribution >= 0.6 is 0 Å². The highest BCUT2D eigenvalue weighted by atomic mass is 16.2. The van der Waals surface area contributed by atoms with Crippen molar-refractivity contribution < 1.29 is 9.59 Å². The van der Waals surface area contributed by atoms with Gasteiger partial charge in [0.05, 0.1) is 0 Å². The minimum atomic E-state index is 0.113. The highest BCUT2D eigenvalue weighted by Crippen LogP contribution is 2.27. The first kappa shape index (κ1) is 17.9. The molecule has 0 unspecified atom stereocenters. The number of hydrogen-bond acceptors (Lipinski definition) is 3. The van der Waals surface area contributed by atoms with Gasteiger partial charge in [0.1, 0.15) is 0 Å². The molecule has 1 aromatic carbocycles. The van der Waals surface area contributed by atoms with E-state index in [1.54, 1.807) is 0 Å². The Kier molecular flexibility index (Phi) is 6.45. The van der Waals surface area contributed by atoms with Crippen LogP contribution in [0.4, 0.5) is 5.69 Å². The largest absolute Gasteiger partial charge is 0.352 e. The first-order valence-corrected chi connectivity index (χ1v) is 9.58. The molecule has 1 saturated heterocycles. The third kappa shape index (κ3) is 5.56. The van der Waals surface area contributed by atoms with Crippen LogP contribution in [0.2, 0.25) is 0 Å². The lowest BCUT2D eigenvalue weighted by molar-refractivity contribution is -0.122. The number of carbonyl (C=O) groups is 2. The molecule has 1 aromatic rings. The van der Waals surface area contributed by atoms with Crippen molar-refractivity contribution in [2.24, 2.45) is 11.8 Å². The summed E-state index contributed by atoms with van der Waals surface area (Å²) in [6, 6.07) is 7.75. The predicted octanol–water partition coefficient (Wildman–Crippen LogP) is 2.82. The molecule has 5 nitrogen and oxygen atoms in total. The van der Waals surface area contributed by atoms with Crippen molar-refractivity contribution in [3.8, 4) is 0 Å². The van der Waals surface area contributed by atoms with E-state index in [-0.39, 0.29) is 17.7 Å². The number of amides is 2. The standard InChI is InChI=1S/C20H29N3O2/c24-19(8-7-15-9-11-21-12-10-15)22-14-16-3-1-6-18(13-16)23-20(25)17-4-2-5-17/h1,3,6,13,15,17,21H,2,4-5,7-12,14H2,(H,22,24)(H,23,25). The molecule has 3 rings (SSSR count). The van der Waals surface area contributed by atoms with Gasteiger partial charge in [-0.05, 0) is 68.8 Å². The van der Waals surface area contributed by atoms with Gasteiger partial charge in [-0.3, -0.25) is 9.59 Å².